The number of hydrogen-bond acceptors (Lipinski definition) is 18. The van der Waals surface area contributed by atoms with Gasteiger partial charge in [0, 0.05) is 70.1 Å². The first-order valence-corrected chi connectivity index (χ1v) is 26.3. The van der Waals surface area contributed by atoms with Crippen LogP contribution in [0.1, 0.15) is 20.3 Å². The van der Waals surface area contributed by atoms with E-state index in [1.165, 1.54) is 0 Å². The predicted octanol–water partition coefficient (Wildman–Crippen LogP) is -1.24. The molecular formula is C44H47CuLi2N8O11S4-. The molecule has 3 N–H and O–H groups in total. The van der Waals surface area contributed by atoms with E-state index in [0.717, 1.165) is 50.1 Å². The molecule has 7 aromatic rings. The van der Waals surface area contributed by atoms with Crippen molar-refractivity contribution in [2.24, 2.45) is 0 Å². The van der Waals surface area contributed by atoms with Crippen LogP contribution in [-0.2, 0) is 46.9 Å². The Morgan fingerprint density at radius 3 is 1.06 bits per heavy atom. The molecule has 3 aromatic heterocycles. The number of nitrogens with zero attached hydrogens (tertiary/aromatic N) is 8. The van der Waals surface area contributed by atoms with Crippen molar-refractivity contribution in [1.29, 1.82) is 0 Å². The summed E-state index contributed by atoms with van der Waals surface area (Å²) in [5.74, 6) is 1.02. The third-order valence-corrected chi connectivity index (χ3v) is 13.3. The number of aromatic nitrogens is 8. The molecule has 0 saturated heterocycles. The van der Waals surface area contributed by atoms with Gasteiger partial charge in [0.1, 0.15) is 9.84 Å². The second-order valence-corrected chi connectivity index (χ2v) is 20.8. The minimum Gasteiger partial charge on any atom is -0.798 e. The molecule has 19 nitrogen and oxygen atoms in total. The van der Waals surface area contributed by atoms with Crippen LogP contribution >= 0.6 is 12.0 Å². The minimum atomic E-state index is -4.26. The van der Waals surface area contributed by atoms with Crippen molar-refractivity contribution in [2.75, 3.05) is 48.4 Å². The van der Waals surface area contributed by atoms with Crippen LogP contribution in [0.5, 0.6) is 0 Å². The molecule has 8 bridgehead atoms. The van der Waals surface area contributed by atoms with Crippen molar-refractivity contribution < 1.29 is 104 Å². The van der Waals surface area contributed by atoms with Crippen molar-refractivity contribution in [1.82, 2.24) is 39.9 Å². The number of aliphatic hydroxyl groups is 3. The summed E-state index contributed by atoms with van der Waals surface area (Å²) in [6.07, 6.45) is 0.870. The van der Waals surface area contributed by atoms with E-state index in [-0.39, 0.29) is 105 Å². The van der Waals surface area contributed by atoms with E-state index >= 15 is 0 Å². The maximum Gasteiger partial charge on any atom is 2.00 e. The predicted molar refractivity (Wildman–Crippen MR) is 259 cm³/mol. The Bertz CT molecular complexity index is 2970. The Hall–Kier alpha value is -4.05. The maximum atomic E-state index is 10.4. The fourth-order valence-corrected chi connectivity index (χ4v) is 8.91. The molecule has 0 aliphatic carbocycles. The Labute approximate surface area is 445 Å². The SMILES string of the molecule is CCO.CCO.CS(=O)(=O)CCCS(=O)(=O)[O-].O=S(=O)(CCO)CS[O-].[CH3-].[Cu+2].[Li+].[Li+].c1ccc2c(c1)-c1nc-2nc2[n-]c(nc3nc(nc4[n-]c(n1)c1ccccc41)-c1ccccc1-3)c1ccccc21. The topological polar surface area (TPSA) is 315 Å². The molecule has 367 valence electrons. The smallest absolute Gasteiger partial charge is 0.798 e. The Kier molecular flexibility index (Phi) is 26.9. The summed E-state index contributed by atoms with van der Waals surface area (Å²) in [5.41, 5.74) is 5.78. The monoisotopic (exact) mass is 1070 g/mol. The van der Waals surface area contributed by atoms with Gasteiger partial charge in [0.05, 0.1) is 56.6 Å². The second-order valence-electron chi connectivity index (χ2n) is 14.0. The van der Waals surface area contributed by atoms with Gasteiger partial charge in [0.15, 0.2) is 9.84 Å². The van der Waals surface area contributed by atoms with Crippen molar-refractivity contribution >= 4 is 86.0 Å². The van der Waals surface area contributed by atoms with E-state index < -0.39 is 47.2 Å². The first-order chi connectivity index (χ1) is 31.5. The fourth-order valence-electron chi connectivity index (χ4n) is 6.23. The third kappa shape index (κ3) is 17.6. The molecule has 4 aromatic carbocycles. The number of hydrogen-bond donors (Lipinski definition) is 3. The van der Waals surface area contributed by atoms with Gasteiger partial charge in [-0.3, -0.25) is 0 Å². The number of rotatable bonds is 8. The van der Waals surface area contributed by atoms with E-state index in [1.54, 1.807) is 13.8 Å². The van der Waals surface area contributed by atoms with Crippen LogP contribution in [0, 0.1) is 7.43 Å². The average Bonchev–Trinajstić information content (AvgIpc) is 4.00. The maximum absolute atomic E-state index is 10.4. The first-order valence-electron chi connectivity index (χ1n) is 19.9. The van der Waals surface area contributed by atoms with Gasteiger partial charge in [-0.25, -0.2) is 47.3 Å². The molecular weight excluding hydrogens is 1020 g/mol. The Balaban J connectivity index is 0.000000686. The minimum absolute atomic E-state index is 0. The van der Waals surface area contributed by atoms with Crippen molar-refractivity contribution in [3.8, 4) is 45.6 Å². The summed E-state index contributed by atoms with van der Waals surface area (Å²) in [7, 11) is -10.7. The number of fused-ring (bicyclic) bond motifs is 20. The molecule has 9 rings (SSSR count). The second kappa shape index (κ2) is 29.5. The summed E-state index contributed by atoms with van der Waals surface area (Å²) in [5, 5.41) is 26.4. The summed E-state index contributed by atoms with van der Waals surface area (Å²) in [4.78, 5) is 39.3. The van der Waals surface area contributed by atoms with Gasteiger partial charge in [0.2, 0.25) is 0 Å². The Morgan fingerprint density at radius 2 is 0.814 bits per heavy atom. The summed E-state index contributed by atoms with van der Waals surface area (Å²) < 4.78 is 81.3. The molecule has 26 heteroatoms. The van der Waals surface area contributed by atoms with Crippen LogP contribution in [0.25, 0.3) is 89.7 Å². The fraction of sp³-hybridized carbons (Fsp3) is 0.250. The molecule has 2 aliphatic heterocycles. The van der Waals surface area contributed by atoms with Crippen LogP contribution in [0.15, 0.2) is 97.1 Å². The average molecular weight is 1070 g/mol. The molecule has 1 radical (unpaired) electrons. The summed E-state index contributed by atoms with van der Waals surface area (Å²) in [6.45, 7) is 3.45. The van der Waals surface area contributed by atoms with Gasteiger partial charge in [0.25, 0.3) is 0 Å². The van der Waals surface area contributed by atoms with Gasteiger partial charge in [-0.15, -0.1) is 0 Å². The van der Waals surface area contributed by atoms with E-state index in [0.29, 0.717) is 45.9 Å². The third-order valence-electron chi connectivity index (χ3n) is 8.87. The van der Waals surface area contributed by atoms with Crippen LogP contribution in [0.2, 0.25) is 0 Å². The molecule has 0 amide bonds. The van der Waals surface area contributed by atoms with Crippen LogP contribution in [0.3, 0.4) is 0 Å². The zero-order chi connectivity index (χ0) is 48.1. The largest absolute Gasteiger partial charge is 2.00 e. The zero-order valence-electron chi connectivity index (χ0n) is 39.0. The standard InChI is InChI=1S/C32H16N8.C4H10O5S2.C3H8O4S2.2C2H6O.CH3.Cu.2Li/c1-2-10-18-17(9-1)25-33-26(18)38-28-21-13-5-6-14-22(21)30(35-28)40-32-24-16-8-7-15-23(24)31(36-32)39-29-20-12-4-3-11-19(20)27(34-29)37-25;1-10(5,6)3-2-4-11(7,8)9;4-1-2-9(6,7)3-8-5;2*1-2-3;;;;/h1-16H;2-4H2,1H3,(H,7,8,9);4-5H,1-3H2;2*3H,2H2,1H3;1H3;;;/q-2;;;;;-1;+2;2*+1/p-2. The van der Waals surface area contributed by atoms with E-state index in [4.69, 9.17) is 55.2 Å². The van der Waals surface area contributed by atoms with Crippen LogP contribution in [-0.4, -0.2) is 128 Å². The zero-order valence-corrected chi connectivity index (χ0v) is 43.2. The molecule has 70 heavy (non-hydrogen) atoms. The quantitative estimate of drug-likeness (QED) is 0.0694. The van der Waals surface area contributed by atoms with Gasteiger partial charge in [-0.05, 0) is 41.8 Å². The molecule has 0 atom stereocenters. The van der Waals surface area contributed by atoms with Gasteiger partial charge in [-0.2, -0.15) is 0 Å². The van der Waals surface area contributed by atoms with Crippen molar-refractivity contribution in [3.05, 3.63) is 104 Å². The summed E-state index contributed by atoms with van der Waals surface area (Å²) in [6, 6.07) is 31.8. The molecule has 2 aliphatic rings. The van der Waals surface area contributed by atoms with Gasteiger partial charge in [-0.1, -0.05) is 97.1 Å². The van der Waals surface area contributed by atoms with E-state index in [2.05, 4.69) is 0 Å². The van der Waals surface area contributed by atoms with E-state index in [9.17, 15) is 34.4 Å². The number of benzene rings is 4. The summed E-state index contributed by atoms with van der Waals surface area (Å²) >= 11 is -0.000556. The van der Waals surface area contributed by atoms with Gasteiger partial charge >= 0.3 is 54.8 Å². The molecule has 0 saturated carbocycles. The van der Waals surface area contributed by atoms with Crippen LogP contribution < -0.4 is 47.7 Å². The van der Waals surface area contributed by atoms with Crippen LogP contribution in [0.4, 0.5) is 0 Å². The van der Waals surface area contributed by atoms with Crippen molar-refractivity contribution in [2.45, 2.75) is 20.3 Å². The molecule has 5 heterocycles. The molecule has 0 spiro atoms. The normalized spacial score (nSPS) is 11.0. The first kappa shape index (κ1) is 64.0. The molecule has 0 fully saturated rings. The Morgan fingerprint density at radius 1 is 0.529 bits per heavy atom. The molecule has 0 unspecified atom stereocenters. The van der Waals surface area contributed by atoms with E-state index in [1.807, 2.05) is 97.1 Å². The number of sulfone groups is 2. The van der Waals surface area contributed by atoms with Crippen molar-refractivity contribution in [3.63, 3.8) is 0 Å². The number of aliphatic hydroxyl groups excluding tert-OH is 3. The van der Waals surface area contributed by atoms with Gasteiger partial charge < -0.3 is 61.8 Å².